The van der Waals surface area contributed by atoms with E-state index in [4.69, 9.17) is 5.73 Å². The highest BCUT2D eigenvalue weighted by Crippen LogP contribution is 2.30. The lowest BCUT2D eigenvalue weighted by molar-refractivity contribution is -0.133. The van der Waals surface area contributed by atoms with E-state index >= 15 is 0 Å². The molecule has 20 heavy (non-hydrogen) atoms. The molecule has 1 spiro atoms. The Morgan fingerprint density at radius 3 is 2.40 bits per heavy atom. The second-order valence-electron chi connectivity index (χ2n) is 6.73. The van der Waals surface area contributed by atoms with Crippen molar-refractivity contribution >= 4 is 11.9 Å². The van der Waals surface area contributed by atoms with Gasteiger partial charge in [-0.25, -0.2) is 4.79 Å². The first kappa shape index (κ1) is 15.3. The van der Waals surface area contributed by atoms with Gasteiger partial charge in [0.05, 0.1) is 0 Å². The molecule has 0 saturated carbocycles. The monoisotopic (exact) mass is 282 g/mol. The van der Waals surface area contributed by atoms with Crippen LogP contribution in [0, 0.1) is 0 Å². The van der Waals surface area contributed by atoms with Crippen molar-refractivity contribution in [1.82, 2.24) is 15.1 Å². The summed E-state index contributed by atoms with van der Waals surface area (Å²) in [6.07, 6.45) is 2.50. The van der Waals surface area contributed by atoms with Gasteiger partial charge in [0, 0.05) is 25.2 Å². The van der Waals surface area contributed by atoms with E-state index in [9.17, 15) is 9.59 Å². The van der Waals surface area contributed by atoms with Gasteiger partial charge in [0.2, 0.25) is 0 Å². The van der Waals surface area contributed by atoms with Crippen molar-refractivity contribution in [2.75, 3.05) is 26.2 Å². The Morgan fingerprint density at radius 1 is 1.30 bits per heavy atom. The number of likely N-dealkylation sites (tertiary alicyclic amines) is 1. The second-order valence-corrected chi connectivity index (χ2v) is 6.73. The van der Waals surface area contributed by atoms with Crippen LogP contribution in [0.5, 0.6) is 0 Å². The minimum Gasteiger partial charge on any atom is -0.324 e. The molecule has 2 aliphatic heterocycles. The van der Waals surface area contributed by atoms with Gasteiger partial charge >= 0.3 is 6.03 Å². The third-order valence-electron chi connectivity index (χ3n) is 4.06. The molecule has 0 aromatic heterocycles. The molecule has 3 amide bonds. The Balaban J connectivity index is 2.05. The van der Waals surface area contributed by atoms with Gasteiger partial charge in [-0.05, 0) is 39.7 Å². The van der Waals surface area contributed by atoms with E-state index in [0.29, 0.717) is 12.8 Å². The van der Waals surface area contributed by atoms with E-state index in [2.05, 4.69) is 17.1 Å². The summed E-state index contributed by atoms with van der Waals surface area (Å²) in [6.45, 7) is 8.83. The van der Waals surface area contributed by atoms with Crippen LogP contribution in [0.2, 0.25) is 0 Å². The van der Waals surface area contributed by atoms with E-state index in [1.165, 1.54) is 4.90 Å². The molecule has 0 unspecified atom stereocenters. The van der Waals surface area contributed by atoms with Crippen molar-refractivity contribution in [3.05, 3.63) is 0 Å². The van der Waals surface area contributed by atoms with Crippen LogP contribution in [0.4, 0.5) is 4.79 Å². The van der Waals surface area contributed by atoms with Crippen LogP contribution in [0.3, 0.4) is 0 Å². The second kappa shape index (κ2) is 5.33. The molecule has 2 rings (SSSR count). The highest BCUT2D eigenvalue weighted by atomic mass is 16.2. The topological polar surface area (TPSA) is 78.7 Å². The lowest BCUT2D eigenvalue weighted by Gasteiger charge is -2.37. The normalized spacial score (nSPS) is 23.5. The summed E-state index contributed by atoms with van der Waals surface area (Å²) in [4.78, 5) is 28.3. The minimum atomic E-state index is -0.688. The standard InChI is InChI=1S/C14H26N4O2/c1-4-7-17-8-5-14(6-9-17)11(19)18(12(20)16-14)10-13(2,3)15/h4-10,15H2,1-3H3,(H,16,20). The largest absolute Gasteiger partial charge is 0.325 e. The van der Waals surface area contributed by atoms with Gasteiger partial charge in [0.1, 0.15) is 5.54 Å². The fourth-order valence-corrected chi connectivity index (χ4v) is 3.04. The number of nitrogens with zero attached hydrogens (tertiary/aromatic N) is 2. The smallest absolute Gasteiger partial charge is 0.324 e. The van der Waals surface area contributed by atoms with Crippen molar-refractivity contribution in [3.63, 3.8) is 0 Å². The van der Waals surface area contributed by atoms with Crippen LogP contribution in [0.15, 0.2) is 0 Å². The summed E-state index contributed by atoms with van der Waals surface area (Å²) in [5.74, 6) is -0.0998. The number of urea groups is 1. The van der Waals surface area contributed by atoms with E-state index in [-0.39, 0.29) is 18.5 Å². The number of hydrogen-bond donors (Lipinski definition) is 2. The van der Waals surface area contributed by atoms with E-state index in [0.717, 1.165) is 26.1 Å². The summed E-state index contributed by atoms with van der Waals surface area (Å²) in [5.41, 5.74) is 4.68. The van der Waals surface area contributed by atoms with Crippen molar-refractivity contribution in [2.45, 2.75) is 51.1 Å². The highest BCUT2D eigenvalue weighted by molar-refractivity contribution is 6.07. The third kappa shape index (κ3) is 2.96. The molecule has 0 aromatic carbocycles. The molecule has 0 radical (unpaired) electrons. The van der Waals surface area contributed by atoms with Crippen molar-refractivity contribution in [2.24, 2.45) is 5.73 Å². The molecule has 6 nitrogen and oxygen atoms in total. The summed E-state index contributed by atoms with van der Waals surface area (Å²) in [5, 5.41) is 2.91. The molecule has 0 aliphatic carbocycles. The maximum absolute atomic E-state index is 12.6. The molecule has 114 valence electrons. The van der Waals surface area contributed by atoms with Gasteiger partial charge in [-0.3, -0.25) is 9.69 Å². The molecule has 0 aromatic rings. The average Bonchev–Trinajstić information content (AvgIpc) is 2.56. The maximum atomic E-state index is 12.6. The van der Waals surface area contributed by atoms with Gasteiger partial charge in [-0.15, -0.1) is 0 Å². The van der Waals surface area contributed by atoms with Crippen LogP contribution in [-0.2, 0) is 4.79 Å². The number of carbonyl (C=O) groups excluding carboxylic acids is 2. The maximum Gasteiger partial charge on any atom is 0.325 e. The predicted molar refractivity (Wildman–Crippen MR) is 77.2 cm³/mol. The van der Waals surface area contributed by atoms with Gasteiger partial charge < -0.3 is 16.0 Å². The quantitative estimate of drug-likeness (QED) is 0.737. The van der Waals surface area contributed by atoms with Gasteiger partial charge in [0.15, 0.2) is 0 Å². The van der Waals surface area contributed by atoms with E-state index in [1.807, 2.05) is 13.8 Å². The summed E-state index contributed by atoms with van der Waals surface area (Å²) < 4.78 is 0. The number of nitrogens with one attached hydrogen (secondary N) is 1. The number of rotatable bonds is 4. The molecule has 2 heterocycles. The number of imide groups is 1. The molecule has 2 aliphatic rings. The van der Waals surface area contributed by atoms with Crippen LogP contribution < -0.4 is 11.1 Å². The SMILES string of the molecule is CCCN1CCC2(CC1)NC(=O)N(CC(C)(C)N)C2=O. The van der Waals surface area contributed by atoms with Crippen molar-refractivity contribution < 1.29 is 9.59 Å². The number of nitrogens with two attached hydrogens (primary N) is 1. The first-order chi connectivity index (χ1) is 9.27. The van der Waals surface area contributed by atoms with E-state index in [1.54, 1.807) is 0 Å². The number of piperidine rings is 1. The van der Waals surface area contributed by atoms with Crippen LogP contribution in [0.1, 0.15) is 40.0 Å². The Morgan fingerprint density at radius 2 is 1.90 bits per heavy atom. The Kier molecular flexibility index (Phi) is 4.07. The Labute approximate surface area is 120 Å². The van der Waals surface area contributed by atoms with E-state index < -0.39 is 11.1 Å². The molecule has 3 N–H and O–H groups in total. The van der Waals surface area contributed by atoms with Crippen molar-refractivity contribution in [3.8, 4) is 0 Å². The van der Waals surface area contributed by atoms with Crippen LogP contribution in [-0.4, -0.2) is 59.0 Å². The molecular weight excluding hydrogens is 256 g/mol. The fraction of sp³-hybridized carbons (Fsp3) is 0.857. The van der Waals surface area contributed by atoms with Crippen LogP contribution in [0.25, 0.3) is 0 Å². The summed E-state index contributed by atoms with van der Waals surface area (Å²) in [6, 6.07) is -0.294. The zero-order chi connectivity index (χ0) is 15.0. The third-order valence-corrected chi connectivity index (χ3v) is 4.06. The van der Waals surface area contributed by atoms with Gasteiger partial charge in [-0.1, -0.05) is 6.92 Å². The Hall–Kier alpha value is -1.14. The predicted octanol–water partition coefficient (Wildman–Crippen LogP) is 0.520. The highest BCUT2D eigenvalue weighted by Gasteiger charge is 2.52. The lowest BCUT2D eigenvalue weighted by Crippen LogP contribution is -2.55. The average molecular weight is 282 g/mol. The zero-order valence-corrected chi connectivity index (χ0v) is 12.7. The number of hydrogen-bond acceptors (Lipinski definition) is 4. The summed E-state index contributed by atoms with van der Waals surface area (Å²) >= 11 is 0. The molecular formula is C14H26N4O2. The zero-order valence-electron chi connectivity index (χ0n) is 12.7. The molecule has 2 saturated heterocycles. The Bertz CT molecular complexity index is 394. The molecule has 0 bridgehead atoms. The fourth-order valence-electron chi connectivity index (χ4n) is 3.04. The minimum absolute atomic E-state index is 0.0998. The first-order valence-electron chi connectivity index (χ1n) is 7.43. The van der Waals surface area contributed by atoms with Gasteiger partial charge in [0.25, 0.3) is 5.91 Å². The first-order valence-corrected chi connectivity index (χ1v) is 7.43. The summed E-state index contributed by atoms with van der Waals surface area (Å²) in [7, 11) is 0. The molecule has 0 atom stereocenters. The number of carbonyl (C=O) groups is 2. The van der Waals surface area contributed by atoms with Crippen LogP contribution >= 0.6 is 0 Å². The molecule has 6 heteroatoms. The van der Waals surface area contributed by atoms with Crippen molar-refractivity contribution in [1.29, 1.82) is 0 Å². The van der Waals surface area contributed by atoms with Gasteiger partial charge in [-0.2, -0.15) is 0 Å². The molecule has 2 fully saturated rings. The number of amides is 3. The lowest BCUT2D eigenvalue weighted by atomic mass is 9.87.